The Morgan fingerprint density at radius 1 is 0.958 bits per heavy atom. The second-order valence-corrected chi connectivity index (χ2v) is 6.57. The third-order valence-corrected chi connectivity index (χ3v) is 4.24. The van der Waals surface area contributed by atoms with Crippen molar-refractivity contribution in [2.75, 3.05) is 14.2 Å². The van der Waals surface area contributed by atoms with E-state index in [9.17, 15) is 0 Å². The number of hydrogen-bond acceptors (Lipinski definition) is 4. The zero-order valence-corrected chi connectivity index (χ0v) is 16.1. The molecule has 0 unspecified atom stereocenters. The van der Waals surface area contributed by atoms with E-state index in [2.05, 4.69) is 33.4 Å². The average Bonchev–Trinajstić information content (AvgIpc) is 2.57. The Morgan fingerprint density at radius 3 is 2.25 bits per heavy atom. The molecule has 0 aliphatic carbocycles. The molecule has 0 aromatic heterocycles. The fourth-order valence-electron chi connectivity index (χ4n) is 2.30. The molecule has 0 saturated heterocycles. The monoisotopic (exact) mass is 393 g/mol. The summed E-state index contributed by atoms with van der Waals surface area (Å²) in [5, 5.41) is 3.44. The van der Waals surface area contributed by atoms with Crippen LogP contribution in [0.5, 0.6) is 17.2 Å². The van der Waals surface area contributed by atoms with Crippen molar-refractivity contribution in [2.45, 2.75) is 33.0 Å². The van der Waals surface area contributed by atoms with Crippen LogP contribution < -0.4 is 19.5 Å². The van der Waals surface area contributed by atoms with Crippen molar-refractivity contribution in [2.24, 2.45) is 0 Å². The van der Waals surface area contributed by atoms with Crippen molar-refractivity contribution in [3.05, 3.63) is 52.0 Å². The highest BCUT2D eigenvalue weighted by Crippen LogP contribution is 2.34. The number of hydrogen-bond donors (Lipinski definition) is 1. The summed E-state index contributed by atoms with van der Waals surface area (Å²) in [6, 6.07) is 12.0. The van der Waals surface area contributed by atoms with Gasteiger partial charge in [-0.3, -0.25) is 0 Å². The Labute approximate surface area is 152 Å². The molecule has 0 amide bonds. The first-order valence-corrected chi connectivity index (χ1v) is 8.69. The highest BCUT2D eigenvalue weighted by molar-refractivity contribution is 9.10. The summed E-state index contributed by atoms with van der Waals surface area (Å²) in [5.41, 5.74) is 2.33. The van der Waals surface area contributed by atoms with Crippen LogP contribution in [-0.2, 0) is 13.1 Å². The van der Waals surface area contributed by atoms with Gasteiger partial charge in [0.1, 0.15) is 5.75 Å². The summed E-state index contributed by atoms with van der Waals surface area (Å²) in [6.45, 7) is 5.50. The Hall–Kier alpha value is -1.72. The minimum Gasteiger partial charge on any atom is -0.497 e. The standard InChI is InChI=1S/C19H24BrNO3/c1-13(2)24-19-10-17(20)15(9-18(19)23-4)12-21-11-14-5-7-16(22-3)8-6-14/h5-10,13,21H,11-12H2,1-4H3. The molecule has 0 fully saturated rings. The number of halogens is 1. The van der Waals surface area contributed by atoms with E-state index in [0.29, 0.717) is 0 Å². The lowest BCUT2D eigenvalue weighted by Gasteiger charge is -2.16. The number of benzene rings is 2. The van der Waals surface area contributed by atoms with Gasteiger partial charge in [0.05, 0.1) is 20.3 Å². The summed E-state index contributed by atoms with van der Waals surface area (Å²) in [7, 11) is 3.33. The van der Waals surface area contributed by atoms with Crippen molar-refractivity contribution in [3.63, 3.8) is 0 Å². The highest BCUT2D eigenvalue weighted by atomic mass is 79.9. The number of nitrogens with one attached hydrogen (secondary N) is 1. The fraction of sp³-hybridized carbons (Fsp3) is 0.368. The number of ether oxygens (including phenoxy) is 3. The normalized spacial score (nSPS) is 10.8. The van der Waals surface area contributed by atoms with Crippen LogP contribution in [0.3, 0.4) is 0 Å². The van der Waals surface area contributed by atoms with Crippen LogP contribution in [0.25, 0.3) is 0 Å². The van der Waals surface area contributed by atoms with Gasteiger partial charge >= 0.3 is 0 Å². The van der Waals surface area contributed by atoms with Crippen LogP contribution in [0.2, 0.25) is 0 Å². The molecule has 5 heteroatoms. The van der Waals surface area contributed by atoms with Gasteiger partial charge < -0.3 is 19.5 Å². The molecule has 0 aliphatic rings. The Morgan fingerprint density at radius 2 is 1.67 bits per heavy atom. The second-order valence-electron chi connectivity index (χ2n) is 5.71. The number of methoxy groups -OCH3 is 2. The van der Waals surface area contributed by atoms with Crippen LogP contribution in [0.15, 0.2) is 40.9 Å². The van der Waals surface area contributed by atoms with E-state index in [1.54, 1.807) is 14.2 Å². The lowest BCUT2D eigenvalue weighted by Crippen LogP contribution is -2.13. The fourth-order valence-corrected chi connectivity index (χ4v) is 2.77. The van der Waals surface area contributed by atoms with Crippen molar-refractivity contribution < 1.29 is 14.2 Å². The van der Waals surface area contributed by atoms with Crippen molar-refractivity contribution in [1.29, 1.82) is 0 Å². The summed E-state index contributed by atoms with van der Waals surface area (Å²) < 4.78 is 17.4. The van der Waals surface area contributed by atoms with Crippen LogP contribution in [-0.4, -0.2) is 20.3 Å². The molecule has 130 valence electrons. The van der Waals surface area contributed by atoms with Gasteiger partial charge in [0, 0.05) is 17.6 Å². The maximum absolute atomic E-state index is 5.78. The maximum Gasteiger partial charge on any atom is 0.162 e. The third-order valence-electron chi connectivity index (χ3n) is 3.50. The molecule has 2 rings (SSSR count). The first kappa shape index (κ1) is 18.6. The van der Waals surface area contributed by atoms with Gasteiger partial charge in [0.25, 0.3) is 0 Å². The smallest absolute Gasteiger partial charge is 0.162 e. The van der Waals surface area contributed by atoms with Crippen LogP contribution >= 0.6 is 15.9 Å². The number of rotatable bonds is 8. The highest BCUT2D eigenvalue weighted by Gasteiger charge is 2.11. The first-order valence-electron chi connectivity index (χ1n) is 7.90. The zero-order chi connectivity index (χ0) is 17.5. The predicted molar refractivity (Wildman–Crippen MR) is 100.0 cm³/mol. The Balaban J connectivity index is 2.00. The van der Waals surface area contributed by atoms with Gasteiger partial charge in [-0.05, 0) is 49.2 Å². The summed E-state index contributed by atoms with van der Waals surface area (Å²) in [4.78, 5) is 0. The van der Waals surface area contributed by atoms with E-state index >= 15 is 0 Å². The van der Waals surface area contributed by atoms with Crippen LogP contribution in [0.4, 0.5) is 0 Å². The molecule has 0 spiro atoms. The second kappa shape index (κ2) is 8.94. The average molecular weight is 394 g/mol. The molecular formula is C19H24BrNO3. The van der Waals surface area contributed by atoms with E-state index in [4.69, 9.17) is 14.2 Å². The quantitative estimate of drug-likeness (QED) is 0.714. The largest absolute Gasteiger partial charge is 0.497 e. The molecule has 0 atom stereocenters. The molecule has 4 nitrogen and oxygen atoms in total. The zero-order valence-electron chi connectivity index (χ0n) is 14.6. The van der Waals surface area contributed by atoms with Gasteiger partial charge in [-0.2, -0.15) is 0 Å². The molecule has 0 bridgehead atoms. The molecule has 0 saturated carbocycles. The predicted octanol–water partition coefficient (Wildman–Crippen LogP) is 4.54. The molecule has 2 aromatic carbocycles. The minimum absolute atomic E-state index is 0.102. The summed E-state index contributed by atoms with van der Waals surface area (Å²) in [5.74, 6) is 2.36. The van der Waals surface area contributed by atoms with Crippen LogP contribution in [0, 0.1) is 0 Å². The van der Waals surface area contributed by atoms with Crippen molar-refractivity contribution in [1.82, 2.24) is 5.32 Å². The van der Waals surface area contributed by atoms with Gasteiger partial charge in [0.15, 0.2) is 11.5 Å². The van der Waals surface area contributed by atoms with E-state index in [-0.39, 0.29) is 6.10 Å². The van der Waals surface area contributed by atoms with E-state index in [1.165, 1.54) is 5.56 Å². The molecule has 1 N–H and O–H groups in total. The molecular weight excluding hydrogens is 370 g/mol. The van der Waals surface area contributed by atoms with E-state index < -0.39 is 0 Å². The van der Waals surface area contributed by atoms with Crippen molar-refractivity contribution >= 4 is 15.9 Å². The summed E-state index contributed by atoms with van der Waals surface area (Å²) >= 11 is 3.61. The van der Waals surface area contributed by atoms with Gasteiger partial charge in [0.2, 0.25) is 0 Å². The molecule has 0 heterocycles. The molecule has 0 aliphatic heterocycles. The third kappa shape index (κ3) is 5.14. The lowest BCUT2D eigenvalue weighted by atomic mass is 10.1. The van der Waals surface area contributed by atoms with Gasteiger partial charge in [-0.1, -0.05) is 28.1 Å². The minimum atomic E-state index is 0.102. The van der Waals surface area contributed by atoms with E-state index in [1.807, 2.05) is 38.1 Å². The SMILES string of the molecule is COc1ccc(CNCc2cc(OC)c(OC(C)C)cc2Br)cc1. The first-order chi connectivity index (χ1) is 11.5. The molecule has 2 aromatic rings. The molecule has 0 radical (unpaired) electrons. The Kier molecular flexibility index (Phi) is 6.94. The van der Waals surface area contributed by atoms with E-state index in [0.717, 1.165) is 40.4 Å². The van der Waals surface area contributed by atoms with Crippen LogP contribution in [0.1, 0.15) is 25.0 Å². The van der Waals surface area contributed by atoms with Gasteiger partial charge in [-0.25, -0.2) is 0 Å². The topological polar surface area (TPSA) is 39.7 Å². The maximum atomic E-state index is 5.78. The van der Waals surface area contributed by atoms with Gasteiger partial charge in [-0.15, -0.1) is 0 Å². The lowest BCUT2D eigenvalue weighted by molar-refractivity contribution is 0.230. The Bertz CT molecular complexity index is 656. The summed E-state index contributed by atoms with van der Waals surface area (Å²) in [6.07, 6.45) is 0.102. The van der Waals surface area contributed by atoms with Crippen molar-refractivity contribution in [3.8, 4) is 17.2 Å². The molecule has 24 heavy (non-hydrogen) atoms.